The summed E-state index contributed by atoms with van der Waals surface area (Å²) in [7, 11) is 2.62. The van der Waals surface area contributed by atoms with Gasteiger partial charge in [0.2, 0.25) is 11.8 Å². The first-order chi connectivity index (χ1) is 30.1. The Balaban J connectivity index is 0.896. The highest BCUT2D eigenvalue weighted by Crippen LogP contribution is 2.58. The molecule has 330 valence electrons. The van der Waals surface area contributed by atoms with Crippen LogP contribution in [-0.4, -0.2) is 92.6 Å². The number of nitrogens with zero attached hydrogens (tertiary/aromatic N) is 4. The second-order valence-corrected chi connectivity index (χ2v) is 19.6. The first-order valence-electron chi connectivity index (χ1n) is 22.2. The number of imidazole rings is 2. The number of H-pyrrole nitrogens is 2. The van der Waals surface area contributed by atoms with Crippen LogP contribution in [-0.2, 0) is 19.1 Å². The van der Waals surface area contributed by atoms with Gasteiger partial charge in [-0.3, -0.25) is 9.59 Å². The number of carbonyl (C=O) groups is 4. The molecule has 14 nitrogen and oxygen atoms in total. The molecular formula is C49H58N8O6. The number of likely N-dealkylation sites (tertiary alicyclic amines) is 2. The maximum Gasteiger partial charge on any atom is 0.407 e. The lowest BCUT2D eigenvalue weighted by Crippen LogP contribution is -2.56. The minimum absolute atomic E-state index is 0.102. The summed E-state index contributed by atoms with van der Waals surface area (Å²) >= 11 is 0. The molecule has 6 atom stereocenters. The van der Waals surface area contributed by atoms with Gasteiger partial charge in [0.15, 0.2) is 0 Å². The van der Waals surface area contributed by atoms with Gasteiger partial charge < -0.3 is 39.9 Å². The van der Waals surface area contributed by atoms with Crippen LogP contribution in [0.4, 0.5) is 9.59 Å². The Kier molecular flexibility index (Phi) is 10.8. The van der Waals surface area contributed by atoms with E-state index in [2.05, 4.69) is 81.3 Å². The maximum absolute atomic E-state index is 14.2. The topological polar surface area (TPSA) is 175 Å². The van der Waals surface area contributed by atoms with E-state index in [1.165, 1.54) is 14.2 Å². The van der Waals surface area contributed by atoms with Crippen molar-refractivity contribution in [2.24, 2.45) is 22.7 Å². The average Bonchev–Trinajstić information content (AvgIpc) is 3.91. The predicted molar refractivity (Wildman–Crippen MR) is 239 cm³/mol. The number of aromatic amines is 2. The minimum atomic E-state index is -0.734. The van der Waals surface area contributed by atoms with Gasteiger partial charge in [-0.1, -0.05) is 83.1 Å². The van der Waals surface area contributed by atoms with E-state index < -0.39 is 29.7 Å². The molecule has 4 N–H and O–H groups in total. The number of carbonyl (C=O) groups excluding carboxylic acids is 4. The molecule has 4 fully saturated rings. The Morgan fingerprint density at radius 3 is 2.00 bits per heavy atom. The van der Waals surface area contributed by atoms with Gasteiger partial charge in [-0.2, -0.15) is 0 Å². The van der Waals surface area contributed by atoms with Crippen molar-refractivity contribution in [1.82, 2.24) is 40.4 Å². The van der Waals surface area contributed by atoms with Crippen LogP contribution in [0.25, 0.3) is 44.4 Å². The zero-order valence-electron chi connectivity index (χ0n) is 37.2. The minimum Gasteiger partial charge on any atom is -0.453 e. The first kappa shape index (κ1) is 42.1. The van der Waals surface area contributed by atoms with E-state index >= 15 is 0 Å². The third-order valence-corrected chi connectivity index (χ3v) is 14.0. The highest BCUT2D eigenvalue weighted by atomic mass is 16.5. The van der Waals surface area contributed by atoms with Crippen molar-refractivity contribution in [1.29, 1.82) is 0 Å². The molecule has 4 heterocycles. The second kappa shape index (κ2) is 16.2. The Bertz CT molecular complexity index is 2550. The van der Waals surface area contributed by atoms with E-state index in [-0.39, 0.29) is 41.3 Å². The average molecular weight is 855 g/mol. The van der Waals surface area contributed by atoms with Gasteiger partial charge in [0.25, 0.3) is 0 Å². The van der Waals surface area contributed by atoms with E-state index in [1.54, 1.807) is 0 Å². The fourth-order valence-corrected chi connectivity index (χ4v) is 10.3. The van der Waals surface area contributed by atoms with Crippen LogP contribution >= 0.6 is 0 Å². The van der Waals surface area contributed by atoms with Crippen LogP contribution in [0.15, 0.2) is 73.1 Å². The normalized spacial score (nSPS) is 22.1. The highest BCUT2D eigenvalue weighted by molar-refractivity contribution is 5.91. The molecule has 2 aromatic heterocycles. The number of alkyl carbamates (subject to hydrolysis) is 2. The molecule has 1 spiro atoms. The molecule has 14 heteroatoms. The van der Waals surface area contributed by atoms with Gasteiger partial charge in [-0.25, -0.2) is 19.6 Å². The lowest BCUT2D eigenvalue weighted by Gasteiger charge is -2.40. The van der Waals surface area contributed by atoms with Gasteiger partial charge >= 0.3 is 12.2 Å². The van der Waals surface area contributed by atoms with Gasteiger partial charge in [0, 0.05) is 18.2 Å². The molecule has 63 heavy (non-hydrogen) atoms. The van der Waals surface area contributed by atoms with Gasteiger partial charge in [0.05, 0.1) is 50.1 Å². The van der Waals surface area contributed by atoms with Crippen molar-refractivity contribution in [2.75, 3.05) is 20.8 Å². The molecule has 4 aliphatic rings. The second-order valence-electron chi connectivity index (χ2n) is 19.6. The maximum atomic E-state index is 14.2. The highest BCUT2D eigenvalue weighted by Gasteiger charge is 2.55. The molecule has 4 amide bonds. The van der Waals surface area contributed by atoms with Crippen LogP contribution < -0.4 is 10.6 Å². The Morgan fingerprint density at radius 2 is 1.35 bits per heavy atom. The molecule has 0 unspecified atom stereocenters. The molecule has 2 saturated carbocycles. The van der Waals surface area contributed by atoms with Crippen molar-refractivity contribution in [2.45, 2.75) is 103 Å². The third-order valence-electron chi connectivity index (χ3n) is 14.0. The van der Waals surface area contributed by atoms with Crippen molar-refractivity contribution >= 4 is 34.8 Å². The van der Waals surface area contributed by atoms with E-state index in [4.69, 9.17) is 19.4 Å². The quantitative estimate of drug-likeness (QED) is 0.108. The van der Waals surface area contributed by atoms with Crippen molar-refractivity contribution in [3.63, 3.8) is 0 Å². The predicted octanol–water partition coefficient (Wildman–Crippen LogP) is 8.54. The summed E-state index contributed by atoms with van der Waals surface area (Å²) in [5.74, 6) is 1.52. The largest absolute Gasteiger partial charge is 0.453 e. The number of aromatic nitrogens is 4. The number of hydrogen-bond donors (Lipinski definition) is 4. The number of piperidine rings is 1. The molecule has 0 radical (unpaired) electrons. The summed E-state index contributed by atoms with van der Waals surface area (Å²) in [6.45, 7) is 10.4. The monoisotopic (exact) mass is 854 g/mol. The Hall–Kier alpha value is -6.18. The zero-order valence-corrected chi connectivity index (χ0v) is 37.2. The number of ether oxygens (including phenoxy) is 2. The first-order valence-corrected chi connectivity index (χ1v) is 22.2. The molecular weight excluding hydrogens is 797 g/mol. The lowest BCUT2D eigenvalue weighted by molar-refractivity contribution is -0.141. The van der Waals surface area contributed by atoms with Crippen LogP contribution in [0.3, 0.4) is 0 Å². The molecule has 2 bridgehead atoms. The zero-order chi connectivity index (χ0) is 44.4. The molecule has 2 aliphatic heterocycles. The molecule has 2 aliphatic carbocycles. The summed E-state index contributed by atoms with van der Waals surface area (Å²) < 4.78 is 9.70. The Labute approximate surface area is 367 Å². The fraction of sp³-hybridized carbons (Fsp3) is 0.469. The number of benzene rings is 3. The van der Waals surface area contributed by atoms with Crippen LogP contribution in [0, 0.1) is 22.7 Å². The molecule has 9 rings (SSSR count). The van der Waals surface area contributed by atoms with Crippen molar-refractivity contribution < 1.29 is 28.7 Å². The standard InChI is InChI=1S/C49H58N8O6/c1-27(2)39(54-46(60)62-6)44(58)56-26-49(18-19-49)23-38(56)42-50-25-37(52-42)33-15-14-31-20-30(12-13-32(31)21-33)28-8-10-29(11-9-28)36-24-51-43(53-36)40-34-16-17-35(22-34)57(40)45(59)41(48(3,4)5)55-47(61)63-7/h8-15,20-21,24-25,27,34-35,38-41H,16-19,22-23,26H2,1-7H3,(H,50,52)(H,51,53)(H,54,60)(H,55,61)/t34-,35-,38+,39+,40+,41-/m1/s1. The van der Waals surface area contributed by atoms with Gasteiger partial charge in [-0.05, 0) is 101 Å². The van der Waals surface area contributed by atoms with Crippen LogP contribution in [0.2, 0.25) is 0 Å². The molecule has 5 aromatic rings. The number of fused-ring (bicyclic) bond motifs is 3. The van der Waals surface area contributed by atoms with Crippen LogP contribution in [0.1, 0.15) is 96.9 Å². The summed E-state index contributed by atoms with van der Waals surface area (Å²) in [6, 6.07) is 19.6. The summed E-state index contributed by atoms with van der Waals surface area (Å²) in [5.41, 5.74) is 5.57. The molecule has 3 aromatic carbocycles. The molecule has 2 saturated heterocycles. The van der Waals surface area contributed by atoms with E-state index in [0.717, 1.165) is 94.6 Å². The smallest absolute Gasteiger partial charge is 0.407 e. The lowest BCUT2D eigenvalue weighted by atomic mass is 9.85. The summed E-state index contributed by atoms with van der Waals surface area (Å²) in [4.78, 5) is 73.1. The van der Waals surface area contributed by atoms with Crippen molar-refractivity contribution in [3.05, 3.63) is 84.7 Å². The summed E-state index contributed by atoms with van der Waals surface area (Å²) in [5, 5.41) is 7.77. The van der Waals surface area contributed by atoms with Crippen molar-refractivity contribution in [3.8, 4) is 33.6 Å². The van der Waals surface area contributed by atoms with Gasteiger partial charge in [0.1, 0.15) is 23.7 Å². The number of hydrogen-bond acceptors (Lipinski definition) is 8. The summed E-state index contributed by atoms with van der Waals surface area (Å²) in [6.07, 6.45) is 8.40. The van der Waals surface area contributed by atoms with Gasteiger partial charge in [-0.15, -0.1) is 0 Å². The SMILES string of the molecule is COC(=O)N[C@H](C(=O)N1CC2(CC2)C[C@H]1c1ncc(-c2ccc3cc(-c4ccc(-c5cnc([C@@H]6[C@@H]7CC[C@H](C7)N6C(=O)[C@@H](NC(=O)OC)C(C)(C)C)[nH]5)cc4)ccc3c2)[nH]1)C(C)C. The Morgan fingerprint density at radius 1 is 0.762 bits per heavy atom. The van der Waals surface area contributed by atoms with E-state index in [1.807, 2.05) is 56.8 Å². The number of amides is 4. The third kappa shape index (κ3) is 8.04. The van der Waals surface area contributed by atoms with E-state index in [9.17, 15) is 19.2 Å². The number of rotatable bonds is 10. The fourth-order valence-electron chi connectivity index (χ4n) is 10.3. The number of methoxy groups -OCH3 is 2. The number of nitrogens with one attached hydrogen (secondary N) is 4. The van der Waals surface area contributed by atoms with Crippen LogP contribution in [0.5, 0.6) is 0 Å². The van der Waals surface area contributed by atoms with E-state index in [0.29, 0.717) is 12.5 Å².